The summed E-state index contributed by atoms with van der Waals surface area (Å²) in [5, 5.41) is 2.87. The van der Waals surface area contributed by atoms with Crippen molar-refractivity contribution in [3.63, 3.8) is 0 Å². The Kier molecular flexibility index (Phi) is 4.28. The van der Waals surface area contributed by atoms with Crippen LogP contribution in [0.15, 0.2) is 24.3 Å². The van der Waals surface area contributed by atoms with Gasteiger partial charge in [-0.3, -0.25) is 0 Å². The average molecular weight is 280 g/mol. The van der Waals surface area contributed by atoms with Crippen molar-refractivity contribution in [2.24, 2.45) is 0 Å². The zero-order valence-electron chi connectivity index (χ0n) is 12.1. The van der Waals surface area contributed by atoms with E-state index in [1.165, 1.54) is 12.1 Å². The second-order valence-corrected chi connectivity index (χ2v) is 5.67. The molecule has 1 aromatic rings. The number of rotatable bonds is 4. The van der Waals surface area contributed by atoms with Crippen LogP contribution in [0.5, 0.6) is 0 Å². The Labute approximate surface area is 118 Å². The van der Waals surface area contributed by atoms with Gasteiger partial charge in [-0.25, -0.2) is 9.18 Å². The third-order valence-corrected chi connectivity index (χ3v) is 3.75. The van der Waals surface area contributed by atoms with E-state index in [1.54, 1.807) is 24.1 Å². The molecule has 110 valence electrons. The van der Waals surface area contributed by atoms with E-state index < -0.39 is 0 Å². The van der Waals surface area contributed by atoms with Crippen LogP contribution in [-0.4, -0.2) is 36.7 Å². The molecule has 5 heteroatoms. The first kappa shape index (κ1) is 14.8. The van der Waals surface area contributed by atoms with Gasteiger partial charge in [0.2, 0.25) is 0 Å². The van der Waals surface area contributed by atoms with E-state index >= 15 is 0 Å². The minimum atomic E-state index is -0.383. The number of halogens is 1. The maximum Gasteiger partial charge on any atom is 0.318 e. The van der Waals surface area contributed by atoms with Gasteiger partial charge in [0, 0.05) is 20.2 Å². The molecule has 1 fully saturated rings. The third kappa shape index (κ3) is 3.28. The smallest absolute Gasteiger partial charge is 0.318 e. The average Bonchev–Trinajstić information content (AvgIpc) is 2.38. The molecule has 1 saturated heterocycles. The van der Waals surface area contributed by atoms with Gasteiger partial charge in [-0.2, -0.15) is 0 Å². The molecule has 0 bridgehead atoms. The van der Waals surface area contributed by atoms with Crippen molar-refractivity contribution >= 4 is 6.03 Å². The van der Waals surface area contributed by atoms with E-state index in [1.807, 2.05) is 13.8 Å². The van der Waals surface area contributed by atoms with Crippen molar-refractivity contribution in [3.8, 4) is 0 Å². The van der Waals surface area contributed by atoms with Crippen LogP contribution in [0.3, 0.4) is 0 Å². The van der Waals surface area contributed by atoms with Gasteiger partial charge in [0.25, 0.3) is 0 Å². The summed E-state index contributed by atoms with van der Waals surface area (Å²) in [6, 6.07) is 6.27. The number of nitrogens with one attached hydrogen (secondary N) is 1. The highest BCUT2D eigenvalue weighted by atomic mass is 19.1. The Morgan fingerprint density at radius 2 is 2.10 bits per heavy atom. The molecule has 2 rings (SSSR count). The van der Waals surface area contributed by atoms with Crippen LogP contribution in [0.2, 0.25) is 0 Å². The second-order valence-electron chi connectivity index (χ2n) is 5.67. The fourth-order valence-electron chi connectivity index (χ4n) is 2.12. The molecule has 1 aliphatic rings. The van der Waals surface area contributed by atoms with Gasteiger partial charge in [0.15, 0.2) is 0 Å². The lowest BCUT2D eigenvalue weighted by Crippen LogP contribution is -2.52. The van der Waals surface area contributed by atoms with Crippen LogP contribution in [0.4, 0.5) is 9.18 Å². The summed E-state index contributed by atoms with van der Waals surface area (Å²) < 4.78 is 18.2. The molecule has 0 radical (unpaired) electrons. The fourth-order valence-corrected chi connectivity index (χ4v) is 2.12. The van der Waals surface area contributed by atoms with Crippen molar-refractivity contribution in [1.29, 1.82) is 0 Å². The summed E-state index contributed by atoms with van der Waals surface area (Å²) in [6.07, 6.45) is 0.909. The van der Waals surface area contributed by atoms with Gasteiger partial charge in [-0.15, -0.1) is 0 Å². The van der Waals surface area contributed by atoms with E-state index in [2.05, 4.69) is 5.32 Å². The van der Waals surface area contributed by atoms with Crippen molar-refractivity contribution < 1.29 is 13.9 Å². The molecule has 0 aliphatic carbocycles. The largest absolute Gasteiger partial charge is 0.377 e. The number of hydrogen-bond donors (Lipinski definition) is 1. The number of carbonyl (C=O) groups excluding carboxylic acids is 1. The minimum Gasteiger partial charge on any atom is -0.377 e. The lowest BCUT2D eigenvalue weighted by Gasteiger charge is -2.41. The van der Waals surface area contributed by atoms with Crippen LogP contribution in [0, 0.1) is 5.82 Å². The lowest BCUT2D eigenvalue weighted by atomic mass is 9.95. The van der Waals surface area contributed by atoms with Crippen LogP contribution < -0.4 is 5.32 Å². The quantitative estimate of drug-likeness (QED) is 0.921. The first-order valence-electron chi connectivity index (χ1n) is 6.78. The van der Waals surface area contributed by atoms with Gasteiger partial charge >= 0.3 is 6.03 Å². The molecule has 0 saturated carbocycles. The maximum atomic E-state index is 12.9. The number of likely N-dealkylation sites (tertiary alicyclic amines) is 1. The Balaban J connectivity index is 1.93. The number of carbonyl (C=O) groups is 1. The van der Waals surface area contributed by atoms with Crippen molar-refractivity contribution in [2.75, 3.05) is 20.2 Å². The Bertz CT molecular complexity index is 473. The van der Waals surface area contributed by atoms with Crippen molar-refractivity contribution in [1.82, 2.24) is 10.2 Å². The molecule has 2 amide bonds. The van der Waals surface area contributed by atoms with Gasteiger partial charge in [-0.1, -0.05) is 12.1 Å². The standard InChI is InChI=1S/C15H21FN2O2/c1-15(2,20-3)10-17-14(19)18-9-8-13(18)11-4-6-12(16)7-5-11/h4-7,13H,8-10H2,1-3H3,(H,17,19). The molecule has 0 aromatic heterocycles. The highest BCUT2D eigenvalue weighted by molar-refractivity contribution is 5.75. The molecule has 1 atom stereocenters. The zero-order chi connectivity index (χ0) is 14.8. The number of amides is 2. The number of methoxy groups -OCH3 is 1. The molecule has 1 N–H and O–H groups in total. The third-order valence-electron chi connectivity index (χ3n) is 3.75. The van der Waals surface area contributed by atoms with E-state index in [0.717, 1.165) is 18.5 Å². The van der Waals surface area contributed by atoms with Crippen LogP contribution in [0.25, 0.3) is 0 Å². The monoisotopic (exact) mass is 280 g/mol. The number of hydrogen-bond acceptors (Lipinski definition) is 2. The Hall–Kier alpha value is -1.62. The summed E-state index contributed by atoms with van der Waals surface area (Å²) in [4.78, 5) is 13.9. The highest BCUT2D eigenvalue weighted by Gasteiger charge is 2.33. The molecule has 1 aromatic carbocycles. The molecule has 1 aliphatic heterocycles. The normalized spacial score (nSPS) is 18.6. The van der Waals surface area contributed by atoms with E-state index in [9.17, 15) is 9.18 Å². The van der Waals surface area contributed by atoms with Crippen LogP contribution in [-0.2, 0) is 4.74 Å². The number of nitrogens with zero attached hydrogens (tertiary/aromatic N) is 1. The van der Waals surface area contributed by atoms with Gasteiger partial charge < -0.3 is 15.0 Å². The molecule has 20 heavy (non-hydrogen) atoms. The van der Waals surface area contributed by atoms with Gasteiger partial charge in [0.1, 0.15) is 5.82 Å². The predicted octanol–water partition coefficient (Wildman–Crippen LogP) is 2.71. The lowest BCUT2D eigenvalue weighted by molar-refractivity contribution is 0.0221. The van der Waals surface area contributed by atoms with Crippen molar-refractivity contribution in [3.05, 3.63) is 35.6 Å². The number of urea groups is 1. The van der Waals surface area contributed by atoms with Gasteiger partial charge in [-0.05, 0) is 38.0 Å². The molecule has 4 nitrogen and oxygen atoms in total. The first-order chi connectivity index (χ1) is 9.43. The number of benzene rings is 1. The Morgan fingerprint density at radius 3 is 2.60 bits per heavy atom. The van der Waals surface area contributed by atoms with E-state index in [-0.39, 0.29) is 23.5 Å². The SMILES string of the molecule is COC(C)(C)CNC(=O)N1CCC1c1ccc(F)cc1. The van der Waals surface area contributed by atoms with Crippen LogP contribution in [0.1, 0.15) is 31.9 Å². The molecule has 1 heterocycles. The molecular weight excluding hydrogens is 259 g/mol. The Morgan fingerprint density at radius 1 is 1.45 bits per heavy atom. The summed E-state index contributed by atoms with van der Waals surface area (Å²) in [5.41, 5.74) is 0.588. The summed E-state index contributed by atoms with van der Waals surface area (Å²) in [5.74, 6) is -0.258. The summed E-state index contributed by atoms with van der Waals surface area (Å²) in [7, 11) is 1.62. The topological polar surface area (TPSA) is 41.6 Å². The second kappa shape index (κ2) is 5.79. The zero-order valence-corrected chi connectivity index (χ0v) is 12.1. The highest BCUT2D eigenvalue weighted by Crippen LogP contribution is 2.33. The first-order valence-corrected chi connectivity index (χ1v) is 6.78. The van der Waals surface area contributed by atoms with Crippen molar-refractivity contribution in [2.45, 2.75) is 31.9 Å². The summed E-state index contributed by atoms with van der Waals surface area (Å²) >= 11 is 0. The van der Waals surface area contributed by atoms with Gasteiger partial charge in [0.05, 0.1) is 11.6 Å². The molecular formula is C15H21FN2O2. The van der Waals surface area contributed by atoms with E-state index in [4.69, 9.17) is 4.74 Å². The minimum absolute atomic E-state index is 0.0428. The predicted molar refractivity (Wildman–Crippen MR) is 75.0 cm³/mol. The van der Waals surface area contributed by atoms with Crippen LogP contribution >= 0.6 is 0 Å². The molecule has 1 unspecified atom stereocenters. The van der Waals surface area contributed by atoms with E-state index in [0.29, 0.717) is 6.54 Å². The fraction of sp³-hybridized carbons (Fsp3) is 0.533. The summed E-state index contributed by atoms with van der Waals surface area (Å²) in [6.45, 7) is 5.01. The maximum absolute atomic E-state index is 12.9. The molecule has 0 spiro atoms. The number of ether oxygens (including phenoxy) is 1.